The van der Waals surface area contributed by atoms with Gasteiger partial charge in [-0.05, 0) is 24.6 Å². The van der Waals surface area contributed by atoms with Crippen molar-refractivity contribution >= 4 is 15.9 Å². The van der Waals surface area contributed by atoms with Crippen molar-refractivity contribution in [2.24, 2.45) is 0 Å². The molecule has 1 amide bonds. The number of carbonyl (C=O) groups is 1. The molecule has 1 aliphatic heterocycles. The summed E-state index contributed by atoms with van der Waals surface area (Å²) < 4.78 is 53.9. The SMILES string of the molecule is Cc1ccc(CC(=O)N2CCN(S(=O)(=O)c3c(F)cccc3F)CC2)cc1. The van der Waals surface area contributed by atoms with Gasteiger partial charge in [-0.1, -0.05) is 35.9 Å². The number of carbonyl (C=O) groups excluding carboxylic acids is 1. The summed E-state index contributed by atoms with van der Waals surface area (Å²) in [5.74, 6) is -2.34. The van der Waals surface area contributed by atoms with E-state index >= 15 is 0 Å². The van der Waals surface area contributed by atoms with Gasteiger partial charge in [0.15, 0.2) is 4.90 Å². The van der Waals surface area contributed by atoms with Gasteiger partial charge in [-0.2, -0.15) is 4.31 Å². The van der Waals surface area contributed by atoms with Crippen LogP contribution >= 0.6 is 0 Å². The molecule has 3 rings (SSSR count). The van der Waals surface area contributed by atoms with Crippen molar-refractivity contribution in [1.82, 2.24) is 9.21 Å². The standard InChI is InChI=1S/C19H20F2N2O3S/c1-14-5-7-15(8-6-14)13-18(24)22-9-11-23(12-10-22)27(25,26)19-16(20)3-2-4-17(19)21/h2-8H,9-13H2,1H3. The van der Waals surface area contributed by atoms with Gasteiger partial charge in [0, 0.05) is 26.2 Å². The lowest BCUT2D eigenvalue weighted by molar-refractivity contribution is -0.131. The first kappa shape index (κ1) is 19.4. The van der Waals surface area contributed by atoms with Gasteiger partial charge < -0.3 is 4.90 Å². The van der Waals surface area contributed by atoms with E-state index in [1.807, 2.05) is 31.2 Å². The van der Waals surface area contributed by atoms with Crippen molar-refractivity contribution in [1.29, 1.82) is 0 Å². The van der Waals surface area contributed by atoms with Crippen LogP contribution in [-0.4, -0.2) is 49.7 Å². The molecule has 0 aromatic heterocycles. The summed E-state index contributed by atoms with van der Waals surface area (Å²) in [6, 6.07) is 10.6. The summed E-state index contributed by atoms with van der Waals surface area (Å²) in [5, 5.41) is 0. The highest BCUT2D eigenvalue weighted by Crippen LogP contribution is 2.23. The van der Waals surface area contributed by atoms with E-state index in [9.17, 15) is 22.0 Å². The summed E-state index contributed by atoms with van der Waals surface area (Å²) in [5.41, 5.74) is 1.99. The molecule has 2 aromatic rings. The average Bonchev–Trinajstić information content (AvgIpc) is 2.63. The normalized spacial score (nSPS) is 15.7. The lowest BCUT2D eigenvalue weighted by Gasteiger charge is -2.34. The highest BCUT2D eigenvalue weighted by molar-refractivity contribution is 7.89. The monoisotopic (exact) mass is 394 g/mol. The molecule has 27 heavy (non-hydrogen) atoms. The van der Waals surface area contributed by atoms with Gasteiger partial charge in [-0.15, -0.1) is 0 Å². The first-order chi connectivity index (χ1) is 12.8. The molecule has 1 aliphatic rings. The minimum absolute atomic E-state index is 0.00422. The number of amides is 1. The number of piperazine rings is 1. The van der Waals surface area contributed by atoms with Gasteiger partial charge >= 0.3 is 0 Å². The van der Waals surface area contributed by atoms with Crippen molar-refractivity contribution in [2.75, 3.05) is 26.2 Å². The molecule has 0 saturated carbocycles. The van der Waals surface area contributed by atoms with Gasteiger partial charge in [0.1, 0.15) is 11.6 Å². The average molecular weight is 394 g/mol. The number of benzene rings is 2. The van der Waals surface area contributed by atoms with Crippen LogP contribution in [0, 0.1) is 18.6 Å². The Labute approximate surface area is 157 Å². The number of aryl methyl sites for hydroxylation is 1. The molecule has 0 atom stereocenters. The number of nitrogens with zero attached hydrogens (tertiary/aromatic N) is 2. The summed E-state index contributed by atoms with van der Waals surface area (Å²) in [4.78, 5) is 13.1. The van der Waals surface area contributed by atoms with E-state index in [1.165, 1.54) is 0 Å². The molecule has 8 heteroatoms. The lowest BCUT2D eigenvalue weighted by Crippen LogP contribution is -2.51. The molecule has 2 aromatic carbocycles. The second-order valence-corrected chi connectivity index (χ2v) is 8.37. The fraction of sp³-hybridized carbons (Fsp3) is 0.316. The zero-order valence-corrected chi connectivity index (χ0v) is 15.7. The Morgan fingerprint density at radius 3 is 2.07 bits per heavy atom. The maximum atomic E-state index is 13.9. The van der Waals surface area contributed by atoms with Crippen molar-refractivity contribution in [3.8, 4) is 0 Å². The summed E-state index contributed by atoms with van der Waals surface area (Å²) in [7, 11) is -4.29. The van der Waals surface area contributed by atoms with Crippen molar-refractivity contribution < 1.29 is 22.0 Å². The Kier molecular flexibility index (Phi) is 5.57. The van der Waals surface area contributed by atoms with E-state index in [4.69, 9.17) is 0 Å². The van der Waals surface area contributed by atoms with Crippen LogP contribution in [0.4, 0.5) is 8.78 Å². The molecular formula is C19H20F2N2O3S. The van der Waals surface area contributed by atoms with E-state index in [1.54, 1.807) is 4.90 Å². The van der Waals surface area contributed by atoms with Crippen LogP contribution in [0.1, 0.15) is 11.1 Å². The Balaban J connectivity index is 1.66. The molecule has 0 radical (unpaired) electrons. The van der Waals surface area contributed by atoms with E-state index in [0.717, 1.165) is 33.6 Å². The molecule has 0 bridgehead atoms. The smallest absolute Gasteiger partial charge is 0.249 e. The summed E-state index contributed by atoms with van der Waals surface area (Å²) >= 11 is 0. The minimum atomic E-state index is -4.29. The zero-order chi connectivity index (χ0) is 19.6. The molecular weight excluding hydrogens is 374 g/mol. The van der Waals surface area contributed by atoms with E-state index in [2.05, 4.69) is 0 Å². The van der Waals surface area contributed by atoms with Crippen LogP contribution in [0.25, 0.3) is 0 Å². The quantitative estimate of drug-likeness (QED) is 0.800. The molecule has 1 fully saturated rings. The van der Waals surface area contributed by atoms with Crippen molar-refractivity contribution in [3.05, 3.63) is 65.2 Å². The van der Waals surface area contributed by atoms with Crippen LogP contribution in [0.2, 0.25) is 0 Å². The summed E-state index contributed by atoms with van der Waals surface area (Å²) in [6.07, 6.45) is 0.231. The maximum Gasteiger partial charge on any atom is 0.249 e. The first-order valence-corrected chi connectivity index (χ1v) is 10.0. The molecule has 1 saturated heterocycles. The topological polar surface area (TPSA) is 57.7 Å². The molecule has 1 heterocycles. The Bertz CT molecular complexity index is 918. The van der Waals surface area contributed by atoms with E-state index < -0.39 is 26.6 Å². The lowest BCUT2D eigenvalue weighted by atomic mass is 10.1. The highest BCUT2D eigenvalue weighted by atomic mass is 32.2. The molecule has 144 valence electrons. The Morgan fingerprint density at radius 2 is 1.52 bits per heavy atom. The number of hydrogen-bond acceptors (Lipinski definition) is 3. The summed E-state index contributed by atoms with van der Waals surface area (Å²) in [6.45, 7) is 2.31. The number of hydrogen-bond donors (Lipinski definition) is 0. The maximum absolute atomic E-state index is 13.9. The van der Waals surface area contributed by atoms with Crippen LogP contribution in [0.5, 0.6) is 0 Å². The third-order valence-electron chi connectivity index (χ3n) is 4.58. The number of halogens is 2. The predicted molar refractivity (Wildman–Crippen MR) is 96.6 cm³/mol. The van der Waals surface area contributed by atoms with Crippen molar-refractivity contribution in [2.45, 2.75) is 18.2 Å². The molecule has 0 unspecified atom stereocenters. The third kappa shape index (κ3) is 4.17. The van der Waals surface area contributed by atoms with Crippen LogP contribution < -0.4 is 0 Å². The minimum Gasteiger partial charge on any atom is -0.340 e. The van der Waals surface area contributed by atoms with Crippen LogP contribution in [0.3, 0.4) is 0 Å². The van der Waals surface area contributed by atoms with Gasteiger partial charge in [0.2, 0.25) is 15.9 Å². The Hall–Kier alpha value is -2.32. The third-order valence-corrected chi connectivity index (χ3v) is 6.54. The van der Waals surface area contributed by atoms with Gasteiger partial charge in [0.25, 0.3) is 0 Å². The second-order valence-electron chi connectivity index (χ2n) is 6.50. The van der Waals surface area contributed by atoms with Gasteiger partial charge in [-0.3, -0.25) is 4.79 Å². The first-order valence-electron chi connectivity index (χ1n) is 8.56. The van der Waals surface area contributed by atoms with Crippen molar-refractivity contribution in [3.63, 3.8) is 0 Å². The van der Waals surface area contributed by atoms with Crippen LogP contribution in [-0.2, 0) is 21.2 Å². The zero-order valence-electron chi connectivity index (χ0n) is 14.9. The van der Waals surface area contributed by atoms with Gasteiger partial charge in [-0.25, -0.2) is 17.2 Å². The predicted octanol–water partition coefficient (Wildman–Crippen LogP) is 2.35. The van der Waals surface area contributed by atoms with E-state index in [0.29, 0.717) is 0 Å². The van der Waals surface area contributed by atoms with Crippen LogP contribution in [0.15, 0.2) is 47.4 Å². The highest BCUT2D eigenvalue weighted by Gasteiger charge is 2.33. The Morgan fingerprint density at radius 1 is 0.963 bits per heavy atom. The number of sulfonamides is 1. The molecule has 5 nitrogen and oxygen atoms in total. The van der Waals surface area contributed by atoms with Gasteiger partial charge in [0.05, 0.1) is 6.42 Å². The molecule has 0 aliphatic carbocycles. The largest absolute Gasteiger partial charge is 0.340 e. The molecule has 0 spiro atoms. The fourth-order valence-corrected chi connectivity index (χ4v) is 4.56. The fourth-order valence-electron chi connectivity index (χ4n) is 3.03. The van der Waals surface area contributed by atoms with E-state index in [-0.39, 0.29) is 38.5 Å². The molecule has 0 N–H and O–H groups in total. The number of rotatable bonds is 4. The second kappa shape index (κ2) is 7.74.